The minimum atomic E-state index is -0.0779. The summed E-state index contributed by atoms with van der Waals surface area (Å²) in [6.45, 7) is 4.05. The summed E-state index contributed by atoms with van der Waals surface area (Å²) in [6, 6.07) is 13.9. The van der Waals surface area contributed by atoms with E-state index in [-0.39, 0.29) is 5.38 Å². The molecular formula is C20H26ClNO3. The lowest BCUT2D eigenvalue weighted by molar-refractivity contribution is 0.311. The molecule has 1 unspecified atom stereocenters. The number of aryl methyl sites for hydroxylation is 1. The second kappa shape index (κ2) is 10.2. The predicted octanol–water partition coefficient (Wildman–Crippen LogP) is 3.83. The van der Waals surface area contributed by atoms with Crippen LogP contribution in [0.4, 0.5) is 0 Å². The topological polar surface area (TPSA) is 39.7 Å². The van der Waals surface area contributed by atoms with E-state index >= 15 is 0 Å². The lowest BCUT2D eigenvalue weighted by Gasteiger charge is -2.13. The van der Waals surface area contributed by atoms with Crippen molar-refractivity contribution in [1.29, 1.82) is 0 Å². The summed E-state index contributed by atoms with van der Waals surface area (Å²) in [6.07, 6.45) is 0.892. The SMILES string of the molecule is COc1ccc(CCNCC(Cl)COc2cccc(C)c2)cc1OC. The average Bonchev–Trinajstić information content (AvgIpc) is 2.63. The lowest BCUT2D eigenvalue weighted by atomic mass is 10.1. The molecule has 0 aliphatic rings. The van der Waals surface area contributed by atoms with Gasteiger partial charge in [0.15, 0.2) is 11.5 Å². The molecule has 2 aromatic carbocycles. The highest BCUT2D eigenvalue weighted by molar-refractivity contribution is 6.20. The van der Waals surface area contributed by atoms with Gasteiger partial charge in [-0.25, -0.2) is 0 Å². The van der Waals surface area contributed by atoms with Gasteiger partial charge in [0, 0.05) is 6.54 Å². The highest BCUT2D eigenvalue weighted by atomic mass is 35.5. The molecule has 0 radical (unpaired) electrons. The van der Waals surface area contributed by atoms with E-state index in [9.17, 15) is 0 Å². The second-order valence-electron chi connectivity index (χ2n) is 5.87. The third kappa shape index (κ3) is 6.48. The zero-order valence-electron chi connectivity index (χ0n) is 15.0. The monoisotopic (exact) mass is 363 g/mol. The first-order valence-electron chi connectivity index (χ1n) is 8.37. The normalized spacial score (nSPS) is 11.8. The molecule has 0 aliphatic carbocycles. The molecule has 1 N–H and O–H groups in total. The van der Waals surface area contributed by atoms with Crippen LogP contribution in [0.2, 0.25) is 0 Å². The van der Waals surface area contributed by atoms with Crippen molar-refractivity contribution in [3.63, 3.8) is 0 Å². The average molecular weight is 364 g/mol. The molecule has 2 rings (SSSR count). The van der Waals surface area contributed by atoms with E-state index in [1.807, 2.05) is 49.4 Å². The van der Waals surface area contributed by atoms with Crippen LogP contribution in [0.3, 0.4) is 0 Å². The summed E-state index contributed by atoms with van der Waals surface area (Å²) in [7, 11) is 3.28. The van der Waals surface area contributed by atoms with E-state index in [4.69, 9.17) is 25.8 Å². The van der Waals surface area contributed by atoms with Crippen LogP contribution in [-0.2, 0) is 6.42 Å². The van der Waals surface area contributed by atoms with Crippen molar-refractivity contribution in [3.05, 3.63) is 53.6 Å². The summed E-state index contributed by atoms with van der Waals surface area (Å²) < 4.78 is 16.3. The Morgan fingerprint density at radius 2 is 1.84 bits per heavy atom. The van der Waals surface area contributed by atoms with Crippen molar-refractivity contribution in [2.24, 2.45) is 0 Å². The number of hydrogen-bond donors (Lipinski definition) is 1. The van der Waals surface area contributed by atoms with Gasteiger partial charge in [0.2, 0.25) is 0 Å². The highest BCUT2D eigenvalue weighted by Gasteiger charge is 2.07. The van der Waals surface area contributed by atoms with Crippen molar-refractivity contribution < 1.29 is 14.2 Å². The Balaban J connectivity index is 1.68. The summed E-state index contributed by atoms with van der Waals surface area (Å²) in [5.41, 5.74) is 2.36. The molecule has 0 aliphatic heterocycles. The van der Waals surface area contributed by atoms with Gasteiger partial charge in [-0.2, -0.15) is 0 Å². The molecule has 136 valence electrons. The Kier molecular flexibility index (Phi) is 7.89. The lowest BCUT2D eigenvalue weighted by Crippen LogP contribution is -2.29. The van der Waals surface area contributed by atoms with Crippen LogP contribution in [0, 0.1) is 6.92 Å². The molecule has 25 heavy (non-hydrogen) atoms. The zero-order chi connectivity index (χ0) is 18.1. The van der Waals surface area contributed by atoms with Gasteiger partial charge in [0.05, 0.1) is 19.6 Å². The fraction of sp³-hybridized carbons (Fsp3) is 0.400. The Hall–Kier alpha value is -1.91. The number of benzene rings is 2. The van der Waals surface area contributed by atoms with Crippen LogP contribution in [0.1, 0.15) is 11.1 Å². The number of nitrogens with one attached hydrogen (secondary N) is 1. The standard InChI is InChI=1S/C20H26ClNO3/c1-15-5-4-6-18(11-15)25-14-17(21)13-22-10-9-16-7-8-19(23-2)20(12-16)24-3/h4-8,11-12,17,22H,9-10,13-14H2,1-3H3. The second-order valence-corrected chi connectivity index (χ2v) is 6.49. The summed E-state index contributed by atoms with van der Waals surface area (Å²) >= 11 is 6.32. The van der Waals surface area contributed by atoms with Gasteiger partial charge < -0.3 is 19.5 Å². The predicted molar refractivity (Wildman–Crippen MR) is 102 cm³/mol. The molecule has 1 atom stereocenters. The van der Waals surface area contributed by atoms with Crippen molar-refractivity contribution in [2.75, 3.05) is 33.9 Å². The first-order valence-corrected chi connectivity index (χ1v) is 8.81. The first kappa shape index (κ1) is 19.4. The smallest absolute Gasteiger partial charge is 0.160 e. The number of ether oxygens (including phenoxy) is 3. The van der Waals surface area contributed by atoms with E-state index in [1.54, 1.807) is 14.2 Å². The van der Waals surface area contributed by atoms with Gasteiger partial charge >= 0.3 is 0 Å². The fourth-order valence-corrected chi connectivity index (χ4v) is 2.65. The largest absolute Gasteiger partial charge is 0.493 e. The van der Waals surface area contributed by atoms with Crippen LogP contribution in [0.15, 0.2) is 42.5 Å². The maximum absolute atomic E-state index is 6.32. The molecular weight excluding hydrogens is 338 g/mol. The summed E-state index contributed by atoms with van der Waals surface area (Å²) in [4.78, 5) is 0. The Labute approximate surface area is 155 Å². The molecule has 4 nitrogen and oxygen atoms in total. The number of methoxy groups -OCH3 is 2. The molecule has 0 saturated heterocycles. The van der Waals surface area contributed by atoms with Crippen LogP contribution in [0.25, 0.3) is 0 Å². The molecule has 5 heteroatoms. The zero-order valence-corrected chi connectivity index (χ0v) is 15.8. The molecule has 0 spiro atoms. The van der Waals surface area contributed by atoms with Crippen LogP contribution in [0.5, 0.6) is 17.2 Å². The number of halogens is 1. The van der Waals surface area contributed by atoms with Gasteiger partial charge in [0.1, 0.15) is 12.4 Å². The number of rotatable bonds is 10. The molecule has 0 amide bonds. The minimum absolute atomic E-state index is 0.0779. The quantitative estimate of drug-likeness (QED) is 0.514. The van der Waals surface area contributed by atoms with E-state index in [2.05, 4.69) is 5.32 Å². The molecule has 0 heterocycles. The third-order valence-electron chi connectivity index (χ3n) is 3.82. The van der Waals surface area contributed by atoms with Crippen LogP contribution in [-0.4, -0.2) is 39.3 Å². The Bertz CT molecular complexity index is 663. The third-order valence-corrected chi connectivity index (χ3v) is 4.10. The van der Waals surface area contributed by atoms with Gasteiger partial charge in [-0.05, 0) is 55.3 Å². The van der Waals surface area contributed by atoms with Crippen LogP contribution < -0.4 is 19.5 Å². The Morgan fingerprint density at radius 3 is 2.56 bits per heavy atom. The number of alkyl halides is 1. The molecule has 0 aromatic heterocycles. The van der Waals surface area contributed by atoms with Crippen molar-refractivity contribution in [3.8, 4) is 17.2 Å². The van der Waals surface area contributed by atoms with Crippen molar-refractivity contribution in [2.45, 2.75) is 18.7 Å². The van der Waals surface area contributed by atoms with E-state index in [1.165, 1.54) is 11.1 Å². The first-order chi connectivity index (χ1) is 12.1. The molecule has 0 fully saturated rings. The van der Waals surface area contributed by atoms with Crippen molar-refractivity contribution in [1.82, 2.24) is 5.32 Å². The number of hydrogen-bond acceptors (Lipinski definition) is 4. The van der Waals surface area contributed by atoms with E-state index < -0.39 is 0 Å². The highest BCUT2D eigenvalue weighted by Crippen LogP contribution is 2.27. The van der Waals surface area contributed by atoms with Gasteiger partial charge in [-0.15, -0.1) is 11.6 Å². The maximum Gasteiger partial charge on any atom is 0.160 e. The van der Waals surface area contributed by atoms with E-state index in [0.29, 0.717) is 13.2 Å². The Morgan fingerprint density at radius 1 is 1.04 bits per heavy atom. The van der Waals surface area contributed by atoms with Gasteiger partial charge in [-0.3, -0.25) is 0 Å². The maximum atomic E-state index is 6.32. The van der Waals surface area contributed by atoms with Gasteiger partial charge in [0.25, 0.3) is 0 Å². The van der Waals surface area contributed by atoms with Gasteiger partial charge in [-0.1, -0.05) is 18.2 Å². The van der Waals surface area contributed by atoms with E-state index in [0.717, 1.165) is 30.2 Å². The molecule has 0 bridgehead atoms. The van der Waals surface area contributed by atoms with Crippen molar-refractivity contribution >= 4 is 11.6 Å². The summed E-state index contributed by atoms with van der Waals surface area (Å²) in [5.74, 6) is 2.35. The molecule has 0 saturated carbocycles. The minimum Gasteiger partial charge on any atom is -0.493 e. The molecule has 2 aromatic rings. The fourth-order valence-electron chi connectivity index (χ4n) is 2.48. The van der Waals surface area contributed by atoms with Crippen LogP contribution >= 0.6 is 11.6 Å². The summed E-state index contributed by atoms with van der Waals surface area (Å²) in [5, 5.41) is 3.29.